The van der Waals surface area contributed by atoms with Crippen molar-refractivity contribution in [1.29, 1.82) is 0 Å². The van der Waals surface area contributed by atoms with E-state index < -0.39 is 21.7 Å². The third-order valence-electron chi connectivity index (χ3n) is 4.33. The van der Waals surface area contributed by atoms with Crippen LogP contribution in [0, 0.1) is 17.6 Å². The van der Waals surface area contributed by atoms with Gasteiger partial charge in [0.25, 0.3) is 10.0 Å². The molecule has 0 aromatic heterocycles. The maximum atomic E-state index is 13.7. The fourth-order valence-electron chi connectivity index (χ4n) is 2.93. The van der Waals surface area contributed by atoms with Crippen LogP contribution in [0.3, 0.4) is 0 Å². The van der Waals surface area contributed by atoms with Crippen LogP contribution in [0.15, 0.2) is 77.7 Å². The Labute approximate surface area is 175 Å². The van der Waals surface area contributed by atoms with Gasteiger partial charge in [0, 0.05) is 12.6 Å². The van der Waals surface area contributed by atoms with E-state index in [2.05, 4.69) is 0 Å². The molecule has 0 saturated heterocycles. The quantitative estimate of drug-likeness (QED) is 0.480. The van der Waals surface area contributed by atoms with Gasteiger partial charge < -0.3 is 4.74 Å². The van der Waals surface area contributed by atoms with Gasteiger partial charge in [-0.1, -0.05) is 44.2 Å². The summed E-state index contributed by atoms with van der Waals surface area (Å²) in [5, 5.41) is 0. The summed E-state index contributed by atoms with van der Waals surface area (Å²) in [7, 11) is -4.02. The Morgan fingerprint density at radius 1 is 0.900 bits per heavy atom. The second-order valence-electron chi connectivity index (χ2n) is 7.30. The number of sulfonamides is 1. The molecule has 0 spiro atoms. The molecule has 0 unspecified atom stereocenters. The van der Waals surface area contributed by atoms with Crippen molar-refractivity contribution in [2.75, 3.05) is 10.8 Å². The minimum absolute atomic E-state index is 0.0138. The third-order valence-corrected chi connectivity index (χ3v) is 6.13. The van der Waals surface area contributed by atoms with Crippen LogP contribution in [0.2, 0.25) is 0 Å². The van der Waals surface area contributed by atoms with Crippen molar-refractivity contribution < 1.29 is 21.9 Å². The van der Waals surface area contributed by atoms with Crippen LogP contribution in [0.4, 0.5) is 14.5 Å². The summed E-state index contributed by atoms with van der Waals surface area (Å²) in [5.41, 5.74) is 0.941. The first-order chi connectivity index (χ1) is 14.3. The summed E-state index contributed by atoms with van der Waals surface area (Å²) in [6, 6.07) is 18.3. The molecule has 0 fully saturated rings. The smallest absolute Gasteiger partial charge is 0.264 e. The van der Waals surface area contributed by atoms with E-state index in [0.717, 1.165) is 22.0 Å². The van der Waals surface area contributed by atoms with E-state index in [1.54, 1.807) is 12.1 Å². The van der Waals surface area contributed by atoms with Crippen LogP contribution in [0.1, 0.15) is 19.4 Å². The Balaban J connectivity index is 1.85. The molecule has 7 heteroatoms. The minimum Gasteiger partial charge on any atom is -0.489 e. The molecule has 158 valence electrons. The van der Waals surface area contributed by atoms with Gasteiger partial charge in [-0.25, -0.2) is 17.2 Å². The summed E-state index contributed by atoms with van der Waals surface area (Å²) in [6.45, 7) is 4.10. The Morgan fingerprint density at radius 2 is 1.50 bits per heavy atom. The Bertz CT molecular complexity index is 1060. The second kappa shape index (κ2) is 9.26. The zero-order valence-electron chi connectivity index (χ0n) is 16.8. The van der Waals surface area contributed by atoms with Gasteiger partial charge in [0.1, 0.15) is 24.0 Å². The molecule has 3 rings (SSSR count). The third kappa shape index (κ3) is 5.36. The van der Waals surface area contributed by atoms with E-state index in [1.165, 1.54) is 12.1 Å². The number of hydrogen-bond acceptors (Lipinski definition) is 3. The van der Waals surface area contributed by atoms with Gasteiger partial charge in [-0.3, -0.25) is 4.31 Å². The van der Waals surface area contributed by atoms with Gasteiger partial charge in [-0.15, -0.1) is 0 Å². The standard InChI is InChI=1S/C23H23F2NO3S/c1-17(2)15-26(21-13-19(24)12-20(25)14-21)30(27,28)23-10-8-22(9-11-23)29-16-18-6-4-3-5-7-18/h3-14,17H,15-16H2,1-2H3. The molecule has 0 radical (unpaired) electrons. The fraction of sp³-hybridized carbons (Fsp3) is 0.217. The summed E-state index contributed by atoms with van der Waals surface area (Å²) in [5.74, 6) is -1.21. The van der Waals surface area contributed by atoms with Crippen molar-refractivity contribution in [1.82, 2.24) is 0 Å². The zero-order chi connectivity index (χ0) is 21.7. The molecule has 0 aliphatic heterocycles. The first kappa shape index (κ1) is 21.8. The van der Waals surface area contributed by atoms with Crippen LogP contribution in [0.25, 0.3) is 0 Å². The first-order valence-electron chi connectivity index (χ1n) is 9.51. The molecule has 0 amide bonds. The monoisotopic (exact) mass is 431 g/mol. The molecule has 0 heterocycles. The second-order valence-corrected chi connectivity index (χ2v) is 9.17. The topological polar surface area (TPSA) is 46.6 Å². The van der Waals surface area contributed by atoms with Gasteiger partial charge in [-0.05, 0) is 47.9 Å². The predicted octanol–water partition coefficient (Wildman–Crippen LogP) is 5.40. The number of ether oxygens (including phenoxy) is 1. The van der Waals surface area contributed by atoms with Crippen molar-refractivity contribution in [3.05, 3.63) is 90.0 Å². The summed E-state index contributed by atoms with van der Waals surface area (Å²) < 4.78 is 60.6. The molecule has 0 bridgehead atoms. The maximum absolute atomic E-state index is 13.7. The lowest BCUT2D eigenvalue weighted by Crippen LogP contribution is -2.34. The molecular weight excluding hydrogens is 408 g/mol. The number of anilines is 1. The Kier molecular flexibility index (Phi) is 6.72. The molecule has 3 aromatic rings. The van der Waals surface area contributed by atoms with Crippen molar-refractivity contribution in [3.63, 3.8) is 0 Å². The molecule has 30 heavy (non-hydrogen) atoms. The average molecular weight is 432 g/mol. The molecular formula is C23H23F2NO3S. The lowest BCUT2D eigenvalue weighted by atomic mass is 10.2. The molecule has 0 aliphatic carbocycles. The lowest BCUT2D eigenvalue weighted by Gasteiger charge is -2.26. The van der Waals surface area contributed by atoms with Gasteiger partial charge in [0.2, 0.25) is 0 Å². The number of rotatable bonds is 8. The van der Waals surface area contributed by atoms with Crippen molar-refractivity contribution >= 4 is 15.7 Å². The van der Waals surface area contributed by atoms with Crippen LogP contribution in [-0.4, -0.2) is 15.0 Å². The zero-order valence-corrected chi connectivity index (χ0v) is 17.6. The van der Waals surface area contributed by atoms with E-state index in [9.17, 15) is 17.2 Å². The Morgan fingerprint density at radius 3 is 2.07 bits per heavy atom. The highest BCUT2D eigenvalue weighted by Gasteiger charge is 2.26. The minimum atomic E-state index is -4.02. The van der Waals surface area contributed by atoms with Crippen LogP contribution < -0.4 is 9.04 Å². The van der Waals surface area contributed by atoms with Crippen molar-refractivity contribution in [2.24, 2.45) is 5.92 Å². The van der Waals surface area contributed by atoms with E-state index >= 15 is 0 Å². The number of benzene rings is 3. The lowest BCUT2D eigenvalue weighted by molar-refractivity contribution is 0.306. The summed E-state index contributed by atoms with van der Waals surface area (Å²) in [6.07, 6.45) is 0. The molecule has 3 aromatic carbocycles. The van der Waals surface area contributed by atoms with E-state index in [-0.39, 0.29) is 23.0 Å². The normalized spacial score (nSPS) is 11.5. The molecule has 0 saturated carbocycles. The van der Waals surface area contributed by atoms with Gasteiger partial charge in [0.15, 0.2) is 0 Å². The van der Waals surface area contributed by atoms with Gasteiger partial charge in [-0.2, -0.15) is 0 Å². The van der Waals surface area contributed by atoms with E-state index in [4.69, 9.17) is 4.74 Å². The molecule has 0 N–H and O–H groups in total. The van der Waals surface area contributed by atoms with Gasteiger partial charge >= 0.3 is 0 Å². The first-order valence-corrected chi connectivity index (χ1v) is 11.0. The summed E-state index contributed by atoms with van der Waals surface area (Å²) >= 11 is 0. The molecule has 4 nitrogen and oxygen atoms in total. The van der Waals surface area contributed by atoms with Crippen molar-refractivity contribution in [2.45, 2.75) is 25.3 Å². The molecule has 0 atom stereocenters. The fourth-order valence-corrected chi connectivity index (χ4v) is 4.55. The average Bonchev–Trinajstić information content (AvgIpc) is 2.70. The largest absolute Gasteiger partial charge is 0.489 e. The number of halogens is 2. The van der Waals surface area contributed by atoms with Crippen LogP contribution in [0.5, 0.6) is 5.75 Å². The number of nitrogens with zero attached hydrogens (tertiary/aromatic N) is 1. The predicted molar refractivity (Wildman–Crippen MR) is 113 cm³/mol. The number of hydrogen-bond donors (Lipinski definition) is 0. The highest BCUT2D eigenvalue weighted by molar-refractivity contribution is 7.92. The van der Waals surface area contributed by atoms with Gasteiger partial charge in [0.05, 0.1) is 10.6 Å². The van der Waals surface area contributed by atoms with E-state index in [1.807, 2.05) is 44.2 Å². The maximum Gasteiger partial charge on any atom is 0.264 e. The SMILES string of the molecule is CC(C)CN(c1cc(F)cc(F)c1)S(=O)(=O)c1ccc(OCc2ccccc2)cc1. The summed E-state index contributed by atoms with van der Waals surface area (Å²) in [4.78, 5) is 0.0138. The van der Waals surface area contributed by atoms with E-state index in [0.29, 0.717) is 18.4 Å². The van der Waals surface area contributed by atoms with Crippen molar-refractivity contribution in [3.8, 4) is 5.75 Å². The van der Waals surface area contributed by atoms with Crippen LogP contribution >= 0.6 is 0 Å². The Hall–Kier alpha value is -2.93. The highest BCUT2D eigenvalue weighted by Crippen LogP contribution is 2.28. The highest BCUT2D eigenvalue weighted by atomic mass is 32.2. The molecule has 0 aliphatic rings. The van der Waals surface area contributed by atoms with Crippen LogP contribution in [-0.2, 0) is 16.6 Å².